The number of carbonyl (C=O) groups excluding carboxylic acids is 3. The molecular formula is C22H22ClN3O4S. The number of thiazole rings is 1. The van der Waals surface area contributed by atoms with Crippen LogP contribution < -0.4 is 5.32 Å². The molecule has 0 aliphatic heterocycles. The van der Waals surface area contributed by atoms with Gasteiger partial charge in [0.2, 0.25) is 5.78 Å². The Morgan fingerprint density at radius 1 is 1.19 bits per heavy atom. The van der Waals surface area contributed by atoms with Crippen LogP contribution in [-0.4, -0.2) is 40.4 Å². The van der Waals surface area contributed by atoms with Crippen molar-refractivity contribution in [3.8, 4) is 5.13 Å². The third-order valence-corrected chi connectivity index (χ3v) is 5.66. The fourth-order valence-electron chi connectivity index (χ4n) is 3.10. The van der Waals surface area contributed by atoms with E-state index >= 15 is 0 Å². The minimum Gasteiger partial charge on any atom is -0.457 e. The second kappa shape index (κ2) is 10.4. The van der Waals surface area contributed by atoms with Crippen LogP contribution in [0.3, 0.4) is 0 Å². The van der Waals surface area contributed by atoms with Gasteiger partial charge >= 0.3 is 5.97 Å². The lowest BCUT2D eigenvalue weighted by Gasteiger charge is -2.07. The van der Waals surface area contributed by atoms with Gasteiger partial charge in [-0.2, -0.15) is 0 Å². The average Bonchev–Trinajstić information content (AvgIpc) is 3.37. The highest BCUT2D eigenvalue weighted by molar-refractivity contribution is 7.12. The molecule has 0 saturated heterocycles. The molecule has 1 amide bonds. The van der Waals surface area contributed by atoms with E-state index in [0.717, 1.165) is 16.5 Å². The summed E-state index contributed by atoms with van der Waals surface area (Å²) in [4.78, 5) is 40.8. The number of rotatable bonds is 9. The Bertz CT molecular complexity index is 1080. The van der Waals surface area contributed by atoms with Crippen molar-refractivity contribution in [3.63, 3.8) is 0 Å². The van der Waals surface area contributed by atoms with Gasteiger partial charge in [-0.25, -0.2) is 4.98 Å². The topological polar surface area (TPSA) is 90.3 Å². The molecule has 0 radical (unpaired) electrons. The summed E-state index contributed by atoms with van der Waals surface area (Å²) in [5, 5.41) is 5.94. The number of halogens is 1. The van der Waals surface area contributed by atoms with Gasteiger partial charge in [-0.05, 0) is 50.6 Å². The van der Waals surface area contributed by atoms with Gasteiger partial charge in [-0.1, -0.05) is 11.6 Å². The van der Waals surface area contributed by atoms with Crippen molar-refractivity contribution in [2.24, 2.45) is 0 Å². The van der Waals surface area contributed by atoms with Gasteiger partial charge in [-0.15, -0.1) is 11.3 Å². The van der Waals surface area contributed by atoms with E-state index in [2.05, 4.69) is 10.3 Å². The van der Waals surface area contributed by atoms with E-state index in [4.69, 9.17) is 16.3 Å². The highest BCUT2D eigenvalue weighted by Gasteiger charge is 2.19. The van der Waals surface area contributed by atoms with Crippen molar-refractivity contribution >= 4 is 40.6 Å². The molecule has 9 heteroatoms. The van der Waals surface area contributed by atoms with Gasteiger partial charge in [0.15, 0.2) is 11.7 Å². The van der Waals surface area contributed by atoms with Crippen LogP contribution in [-0.2, 0) is 9.53 Å². The molecule has 0 fully saturated rings. The van der Waals surface area contributed by atoms with Gasteiger partial charge in [0.25, 0.3) is 5.91 Å². The van der Waals surface area contributed by atoms with Gasteiger partial charge in [0, 0.05) is 52.1 Å². The largest absolute Gasteiger partial charge is 0.457 e. The van der Waals surface area contributed by atoms with Crippen molar-refractivity contribution in [2.75, 3.05) is 13.2 Å². The van der Waals surface area contributed by atoms with Crippen LogP contribution in [0.4, 0.5) is 0 Å². The number of hydrogen-bond acceptors (Lipinski definition) is 6. The number of carbonyl (C=O) groups is 3. The summed E-state index contributed by atoms with van der Waals surface area (Å²) in [6.07, 6.45) is 2.22. The molecule has 0 unspecified atom stereocenters. The molecule has 3 aromatic rings. The SMILES string of the molecule is Cc1cc(C(=O)COC(=O)CCCNC(=O)c2ccc(Cl)cc2)c(C)n1-c1nccs1. The summed E-state index contributed by atoms with van der Waals surface area (Å²) in [6, 6.07) is 8.31. The minimum atomic E-state index is -0.483. The van der Waals surface area contributed by atoms with Crippen LogP contribution in [0.15, 0.2) is 41.9 Å². The molecule has 0 spiro atoms. The maximum Gasteiger partial charge on any atom is 0.306 e. The first-order valence-corrected chi connectivity index (χ1v) is 10.9. The highest BCUT2D eigenvalue weighted by atomic mass is 35.5. The Morgan fingerprint density at radius 3 is 2.61 bits per heavy atom. The van der Waals surface area contributed by atoms with Crippen LogP contribution in [0.25, 0.3) is 5.13 Å². The normalized spacial score (nSPS) is 10.7. The Morgan fingerprint density at radius 2 is 1.94 bits per heavy atom. The molecule has 0 atom stereocenters. The number of amides is 1. The molecule has 31 heavy (non-hydrogen) atoms. The van der Waals surface area contributed by atoms with Crippen LogP contribution in [0.5, 0.6) is 0 Å². The molecule has 0 bridgehead atoms. The Balaban J connectivity index is 1.43. The highest BCUT2D eigenvalue weighted by Crippen LogP contribution is 2.22. The number of nitrogens with zero attached hydrogens (tertiary/aromatic N) is 2. The third kappa shape index (κ3) is 5.80. The lowest BCUT2D eigenvalue weighted by Crippen LogP contribution is -2.25. The number of hydrogen-bond donors (Lipinski definition) is 1. The van der Waals surface area contributed by atoms with Crippen LogP contribution in [0, 0.1) is 13.8 Å². The van der Waals surface area contributed by atoms with Crippen molar-refractivity contribution < 1.29 is 19.1 Å². The number of nitrogens with one attached hydrogen (secondary N) is 1. The van der Waals surface area contributed by atoms with Crippen molar-refractivity contribution in [1.29, 1.82) is 0 Å². The Hall–Kier alpha value is -2.97. The Labute approximate surface area is 189 Å². The van der Waals surface area contributed by atoms with Crippen molar-refractivity contribution in [1.82, 2.24) is 14.9 Å². The summed E-state index contributed by atoms with van der Waals surface area (Å²) in [5.41, 5.74) is 2.65. The van der Waals surface area contributed by atoms with E-state index in [0.29, 0.717) is 29.1 Å². The van der Waals surface area contributed by atoms with Crippen LogP contribution in [0.2, 0.25) is 5.02 Å². The van der Waals surface area contributed by atoms with E-state index in [1.54, 1.807) is 36.5 Å². The number of ether oxygens (including phenoxy) is 1. The molecule has 2 heterocycles. The fraction of sp³-hybridized carbons (Fsp3) is 0.273. The summed E-state index contributed by atoms with van der Waals surface area (Å²) in [7, 11) is 0. The zero-order valence-corrected chi connectivity index (χ0v) is 18.8. The van der Waals surface area contributed by atoms with Crippen LogP contribution >= 0.6 is 22.9 Å². The molecule has 2 aromatic heterocycles. The van der Waals surface area contributed by atoms with E-state index < -0.39 is 5.97 Å². The molecule has 1 N–H and O–H groups in total. The summed E-state index contributed by atoms with van der Waals surface area (Å²) >= 11 is 7.28. The lowest BCUT2D eigenvalue weighted by atomic mass is 10.1. The van der Waals surface area contributed by atoms with E-state index in [-0.39, 0.29) is 24.7 Å². The Kier molecular flexibility index (Phi) is 7.59. The molecule has 0 aliphatic rings. The number of esters is 1. The smallest absolute Gasteiger partial charge is 0.306 e. The third-order valence-electron chi connectivity index (χ3n) is 4.66. The second-order valence-corrected chi connectivity index (χ2v) is 8.19. The van der Waals surface area contributed by atoms with Crippen LogP contribution in [0.1, 0.15) is 44.9 Å². The van der Waals surface area contributed by atoms with E-state index in [1.165, 1.54) is 11.3 Å². The monoisotopic (exact) mass is 459 g/mol. The standard InChI is InChI=1S/C22H22ClN3O4S/c1-14-12-18(15(2)26(14)22-25-10-11-31-22)19(27)13-30-20(28)4-3-9-24-21(29)16-5-7-17(23)8-6-16/h5-8,10-12H,3-4,9,13H2,1-2H3,(H,24,29). The number of Topliss-reactive ketones (excluding diaryl/α,β-unsaturated/α-hetero) is 1. The first kappa shape index (κ1) is 22.7. The predicted molar refractivity (Wildman–Crippen MR) is 119 cm³/mol. The molecule has 0 aliphatic carbocycles. The van der Waals surface area contributed by atoms with Gasteiger partial charge in [0.1, 0.15) is 0 Å². The molecule has 7 nitrogen and oxygen atoms in total. The summed E-state index contributed by atoms with van der Waals surface area (Å²) in [5.74, 6) is -0.987. The molecule has 0 saturated carbocycles. The first-order valence-electron chi connectivity index (χ1n) is 9.68. The maximum absolute atomic E-state index is 12.5. The zero-order chi connectivity index (χ0) is 22.4. The van der Waals surface area contributed by atoms with Gasteiger partial charge < -0.3 is 10.1 Å². The second-order valence-electron chi connectivity index (χ2n) is 6.89. The van der Waals surface area contributed by atoms with Crippen molar-refractivity contribution in [2.45, 2.75) is 26.7 Å². The molecular weight excluding hydrogens is 438 g/mol. The van der Waals surface area contributed by atoms with Gasteiger partial charge in [-0.3, -0.25) is 19.0 Å². The quantitative estimate of drug-likeness (QED) is 0.295. The first-order chi connectivity index (χ1) is 14.9. The van der Waals surface area contributed by atoms with Crippen molar-refractivity contribution in [3.05, 3.63) is 69.4 Å². The zero-order valence-electron chi connectivity index (χ0n) is 17.2. The predicted octanol–water partition coefficient (Wildman–Crippen LogP) is 4.14. The molecule has 1 aromatic carbocycles. The fourth-order valence-corrected chi connectivity index (χ4v) is 3.98. The number of aryl methyl sites for hydroxylation is 1. The summed E-state index contributed by atoms with van der Waals surface area (Å²) < 4.78 is 7.03. The number of benzene rings is 1. The lowest BCUT2D eigenvalue weighted by molar-refractivity contribution is -0.142. The van der Waals surface area contributed by atoms with Gasteiger partial charge in [0.05, 0.1) is 0 Å². The average molecular weight is 460 g/mol. The molecule has 3 rings (SSSR count). The molecule has 162 valence electrons. The summed E-state index contributed by atoms with van der Waals surface area (Å²) in [6.45, 7) is 3.74. The van der Waals surface area contributed by atoms with E-state index in [1.807, 2.05) is 23.8 Å². The minimum absolute atomic E-state index is 0.103. The number of aromatic nitrogens is 2. The number of ketones is 1. The maximum atomic E-state index is 12.5. The van der Waals surface area contributed by atoms with E-state index in [9.17, 15) is 14.4 Å².